The monoisotopic (exact) mass is 223 g/mol. The molecule has 0 bridgehead atoms. The third kappa shape index (κ3) is 2.29. The zero-order valence-electron chi connectivity index (χ0n) is 9.90. The molecule has 0 aliphatic rings. The van der Waals surface area contributed by atoms with Gasteiger partial charge in [0.25, 0.3) is 0 Å². The molecule has 2 rings (SSSR count). The van der Waals surface area contributed by atoms with Crippen molar-refractivity contribution in [2.45, 2.75) is 6.92 Å². The summed E-state index contributed by atoms with van der Waals surface area (Å²) in [6.45, 7) is 2.06. The minimum absolute atomic E-state index is 0.559. The van der Waals surface area contributed by atoms with Crippen molar-refractivity contribution in [1.82, 2.24) is 0 Å². The third-order valence-electron chi connectivity index (χ3n) is 2.67. The van der Waals surface area contributed by atoms with Gasteiger partial charge in [0.05, 0.1) is 12.7 Å². The number of benzene rings is 2. The second kappa shape index (κ2) is 4.71. The summed E-state index contributed by atoms with van der Waals surface area (Å²) in [6.07, 6.45) is 0. The smallest absolute Gasteiger partial charge is 0.137 e. The highest BCUT2D eigenvalue weighted by molar-refractivity contribution is 5.67. The highest BCUT2D eigenvalue weighted by Gasteiger charge is 2.05. The molecule has 0 atom stereocenters. The zero-order chi connectivity index (χ0) is 12.3. The van der Waals surface area contributed by atoms with Gasteiger partial charge in [-0.2, -0.15) is 5.26 Å². The Morgan fingerprint density at radius 1 is 1.06 bits per heavy atom. The molecule has 2 aromatic carbocycles. The lowest BCUT2D eigenvalue weighted by molar-refractivity contribution is 0.413. The van der Waals surface area contributed by atoms with Gasteiger partial charge in [-0.05, 0) is 30.2 Å². The van der Waals surface area contributed by atoms with Gasteiger partial charge in [0.2, 0.25) is 0 Å². The Morgan fingerprint density at radius 3 is 2.47 bits per heavy atom. The lowest BCUT2D eigenvalue weighted by Crippen LogP contribution is -1.89. The van der Waals surface area contributed by atoms with E-state index in [9.17, 15) is 0 Å². The van der Waals surface area contributed by atoms with E-state index >= 15 is 0 Å². The predicted octanol–water partition coefficient (Wildman–Crippen LogP) is 3.54. The van der Waals surface area contributed by atoms with Crippen LogP contribution in [0.2, 0.25) is 0 Å². The Bertz CT molecular complexity index is 582. The van der Waals surface area contributed by atoms with Crippen molar-refractivity contribution in [3.05, 3.63) is 53.6 Å². The van der Waals surface area contributed by atoms with E-state index in [0.717, 1.165) is 11.1 Å². The van der Waals surface area contributed by atoms with Gasteiger partial charge in [0.1, 0.15) is 11.8 Å². The summed E-state index contributed by atoms with van der Waals surface area (Å²) in [6, 6.07) is 16.0. The number of methoxy groups -OCH3 is 1. The minimum atomic E-state index is 0.559. The molecule has 0 N–H and O–H groups in total. The van der Waals surface area contributed by atoms with Crippen LogP contribution in [0, 0.1) is 18.3 Å². The SMILES string of the molecule is COc1cc(-c2cccc(C)c2)ccc1C#N. The first-order chi connectivity index (χ1) is 8.24. The van der Waals surface area contributed by atoms with Gasteiger partial charge in [-0.15, -0.1) is 0 Å². The molecule has 0 spiro atoms. The highest BCUT2D eigenvalue weighted by atomic mass is 16.5. The Balaban J connectivity index is 2.51. The van der Waals surface area contributed by atoms with E-state index < -0.39 is 0 Å². The fourth-order valence-electron chi connectivity index (χ4n) is 1.79. The largest absolute Gasteiger partial charge is 0.495 e. The van der Waals surface area contributed by atoms with Crippen molar-refractivity contribution in [3.63, 3.8) is 0 Å². The molecule has 84 valence electrons. The molecule has 0 fully saturated rings. The molecular formula is C15H13NO. The molecule has 0 aliphatic carbocycles. The lowest BCUT2D eigenvalue weighted by Gasteiger charge is -2.07. The maximum Gasteiger partial charge on any atom is 0.137 e. The summed E-state index contributed by atoms with van der Waals surface area (Å²) < 4.78 is 5.21. The molecule has 2 nitrogen and oxygen atoms in total. The number of rotatable bonds is 2. The van der Waals surface area contributed by atoms with Crippen LogP contribution < -0.4 is 4.74 Å². The van der Waals surface area contributed by atoms with Crippen molar-refractivity contribution in [2.75, 3.05) is 7.11 Å². The van der Waals surface area contributed by atoms with Crippen LogP contribution in [0.4, 0.5) is 0 Å². The maximum absolute atomic E-state index is 8.93. The lowest BCUT2D eigenvalue weighted by atomic mass is 10.0. The average Bonchev–Trinajstić information content (AvgIpc) is 2.38. The van der Waals surface area contributed by atoms with Crippen molar-refractivity contribution in [2.24, 2.45) is 0 Å². The van der Waals surface area contributed by atoms with E-state index in [-0.39, 0.29) is 0 Å². The van der Waals surface area contributed by atoms with Crippen LogP contribution in [-0.4, -0.2) is 7.11 Å². The van der Waals surface area contributed by atoms with Crippen molar-refractivity contribution >= 4 is 0 Å². The summed E-state index contributed by atoms with van der Waals surface area (Å²) in [4.78, 5) is 0. The fraction of sp³-hybridized carbons (Fsp3) is 0.133. The van der Waals surface area contributed by atoms with Crippen LogP contribution in [0.15, 0.2) is 42.5 Å². The van der Waals surface area contributed by atoms with Crippen molar-refractivity contribution in [3.8, 4) is 22.9 Å². The molecule has 2 heteroatoms. The Hall–Kier alpha value is -2.27. The van der Waals surface area contributed by atoms with Crippen molar-refractivity contribution < 1.29 is 4.74 Å². The number of hydrogen-bond donors (Lipinski definition) is 0. The second-order valence-electron chi connectivity index (χ2n) is 3.90. The molecule has 0 saturated heterocycles. The molecule has 0 unspecified atom stereocenters. The van der Waals surface area contributed by atoms with E-state index in [1.54, 1.807) is 13.2 Å². The second-order valence-corrected chi connectivity index (χ2v) is 3.90. The molecule has 0 radical (unpaired) electrons. The summed E-state index contributed by atoms with van der Waals surface area (Å²) in [5, 5.41) is 8.93. The predicted molar refractivity (Wildman–Crippen MR) is 67.9 cm³/mol. The minimum Gasteiger partial charge on any atom is -0.495 e. The first-order valence-corrected chi connectivity index (χ1v) is 5.40. The fourth-order valence-corrected chi connectivity index (χ4v) is 1.79. The number of nitrogens with zero attached hydrogens (tertiary/aromatic N) is 1. The van der Waals surface area contributed by atoms with Gasteiger partial charge in [-0.1, -0.05) is 35.9 Å². The first kappa shape index (κ1) is 11.2. The quantitative estimate of drug-likeness (QED) is 0.780. The van der Waals surface area contributed by atoms with Gasteiger partial charge < -0.3 is 4.74 Å². The van der Waals surface area contributed by atoms with Gasteiger partial charge in [-0.25, -0.2) is 0 Å². The maximum atomic E-state index is 8.93. The average molecular weight is 223 g/mol. The van der Waals surface area contributed by atoms with Gasteiger partial charge >= 0.3 is 0 Å². The van der Waals surface area contributed by atoms with Crippen LogP contribution >= 0.6 is 0 Å². The molecule has 0 heterocycles. The molecule has 0 saturated carbocycles. The van der Waals surface area contributed by atoms with Gasteiger partial charge in [0, 0.05) is 0 Å². The topological polar surface area (TPSA) is 33.0 Å². The van der Waals surface area contributed by atoms with Gasteiger partial charge in [-0.3, -0.25) is 0 Å². The van der Waals surface area contributed by atoms with Crippen LogP contribution in [0.25, 0.3) is 11.1 Å². The molecule has 0 amide bonds. The van der Waals surface area contributed by atoms with E-state index in [1.807, 2.05) is 24.3 Å². The summed E-state index contributed by atoms with van der Waals surface area (Å²) in [7, 11) is 1.58. The first-order valence-electron chi connectivity index (χ1n) is 5.40. The zero-order valence-corrected chi connectivity index (χ0v) is 9.90. The van der Waals surface area contributed by atoms with E-state index in [2.05, 4.69) is 25.1 Å². The molecule has 0 aromatic heterocycles. The third-order valence-corrected chi connectivity index (χ3v) is 2.67. The molecule has 17 heavy (non-hydrogen) atoms. The van der Waals surface area contributed by atoms with Gasteiger partial charge in [0.15, 0.2) is 0 Å². The number of nitriles is 1. The normalized spacial score (nSPS) is 9.71. The Morgan fingerprint density at radius 2 is 1.82 bits per heavy atom. The van der Waals surface area contributed by atoms with Crippen LogP contribution in [-0.2, 0) is 0 Å². The molecule has 0 aliphatic heterocycles. The van der Waals surface area contributed by atoms with E-state index in [1.165, 1.54) is 5.56 Å². The van der Waals surface area contributed by atoms with E-state index in [4.69, 9.17) is 10.00 Å². The van der Waals surface area contributed by atoms with Crippen LogP contribution in [0.1, 0.15) is 11.1 Å². The Kier molecular flexibility index (Phi) is 3.11. The standard InChI is InChI=1S/C15H13NO/c1-11-4-3-5-12(8-11)13-6-7-14(10-16)15(9-13)17-2/h3-9H,1-2H3. The van der Waals surface area contributed by atoms with Crippen LogP contribution in [0.3, 0.4) is 0 Å². The van der Waals surface area contributed by atoms with E-state index in [0.29, 0.717) is 11.3 Å². The number of aryl methyl sites for hydroxylation is 1. The molecular weight excluding hydrogens is 210 g/mol. The van der Waals surface area contributed by atoms with Crippen molar-refractivity contribution in [1.29, 1.82) is 5.26 Å². The summed E-state index contributed by atoms with van der Waals surface area (Å²) in [5.41, 5.74) is 3.96. The summed E-state index contributed by atoms with van der Waals surface area (Å²) >= 11 is 0. The highest BCUT2D eigenvalue weighted by Crippen LogP contribution is 2.27. The summed E-state index contributed by atoms with van der Waals surface area (Å²) in [5.74, 6) is 0.617. The number of hydrogen-bond acceptors (Lipinski definition) is 2. The molecule has 2 aromatic rings. The Labute approximate surface area is 101 Å². The number of ether oxygens (including phenoxy) is 1. The van der Waals surface area contributed by atoms with Crippen LogP contribution in [0.5, 0.6) is 5.75 Å².